The number of carbonyl (C=O) groups excluding carboxylic acids is 2. The summed E-state index contributed by atoms with van der Waals surface area (Å²) in [6.45, 7) is 1.65. The number of benzene rings is 2. The molecule has 7 heteroatoms. The Morgan fingerprint density at radius 2 is 1.69 bits per heavy atom. The Hall–Kier alpha value is -3.12. The molecule has 2 aromatic carbocycles. The van der Waals surface area contributed by atoms with Crippen molar-refractivity contribution in [2.75, 3.05) is 6.54 Å². The van der Waals surface area contributed by atoms with Gasteiger partial charge in [-0.3, -0.25) is 14.3 Å². The number of amides is 2. The van der Waals surface area contributed by atoms with Gasteiger partial charge in [0.25, 0.3) is 5.91 Å². The highest BCUT2D eigenvalue weighted by Crippen LogP contribution is 2.09. The van der Waals surface area contributed by atoms with Crippen LogP contribution in [0.5, 0.6) is 0 Å². The molecule has 0 aliphatic rings. The minimum atomic E-state index is -0.169. The molecule has 0 unspecified atom stereocenters. The number of nitrogens with zero attached hydrogens (tertiary/aromatic N) is 2. The molecule has 0 atom stereocenters. The maximum Gasteiger partial charge on any atom is 0.251 e. The normalized spacial score (nSPS) is 10.5. The Balaban J connectivity index is 1.32. The second kappa shape index (κ2) is 10.4. The van der Waals surface area contributed by atoms with Crippen molar-refractivity contribution in [3.8, 4) is 0 Å². The van der Waals surface area contributed by atoms with E-state index in [4.69, 9.17) is 11.6 Å². The van der Waals surface area contributed by atoms with Gasteiger partial charge in [-0.15, -0.1) is 0 Å². The van der Waals surface area contributed by atoms with Crippen LogP contribution in [-0.4, -0.2) is 28.1 Å². The summed E-state index contributed by atoms with van der Waals surface area (Å²) in [6, 6.07) is 16.7. The predicted molar refractivity (Wildman–Crippen MR) is 113 cm³/mol. The largest absolute Gasteiger partial charge is 0.352 e. The molecule has 3 aromatic rings. The minimum Gasteiger partial charge on any atom is -0.352 e. The monoisotopic (exact) mass is 410 g/mol. The minimum absolute atomic E-state index is 0.0358. The molecule has 0 spiro atoms. The first kappa shape index (κ1) is 20.6. The van der Waals surface area contributed by atoms with Crippen LogP contribution in [0.3, 0.4) is 0 Å². The van der Waals surface area contributed by atoms with Crippen molar-refractivity contribution < 1.29 is 9.59 Å². The van der Waals surface area contributed by atoms with Crippen LogP contribution in [0, 0.1) is 0 Å². The van der Waals surface area contributed by atoms with E-state index in [2.05, 4.69) is 15.7 Å². The van der Waals surface area contributed by atoms with Gasteiger partial charge < -0.3 is 10.6 Å². The third kappa shape index (κ3) is 6.76. The molecular weight excluding hydrogens is 388 g/mol. The van der Waals surface area contributed by atoms with Crippen LogP contribution in [0.25, 0.3) is 0 Å². The summed E-state index contributed by atoms with van der Waals surface area (Å²) >= 11 is 5.81. The van der Waals surface area contributed by atoms with E-state index in [0.29, 0.717) is 36.5 Å². The lowest BCUT2D eigenvalue weighted by molar-refractivity contribution is -0.121. The summed E-state index contributed by atoms with van der Waals surface area (Å²) in [7, 11) is 0. The van der Waals surface area contributed by atoms with Gasteiger partial charge in [0.05, 0.1) is 6.54 Å². The highest BCUT2D eigenvalue weighted by atomic mass is 35.5. The molecule has 1 heterocycles. The Labute approximate surface area is 174 Å². The molecule has 0 aliphatic carbocycles. The summed E-state index contributed by atoms with van der Waals surface area (Å²) < 4.78 is 1.86. The Bertz CT molecular complexity index is 922. The summed E-state index contributed by atoms with van der Waals surface area (Å²) in [5, 5.41) is 10.5. The maximum atomic E-state index is 12.0. The second-order valence-corrected chi connectivity index (χ2v) is 7.10. The average Bonchev–Trinajstić information content (AvgIpc) is 3.24. The van der Waals surface area contributed by atoms with Crippen molar-refractivity contribution in [3.63, 3.8) is 0 Å². The van der Waals surface area contributed by atoms with Crippen molar-refractivity contribution in [2.24, 2.45) is 0 Å². The van der Waals surface area contributed by atoms with Crippen LogP contribution in [0.2, 0.25) is 5.02 Å². The predicted octanol–water partition coefficient (Wildman–Crippen LogP) is 3.41. The highest BCUT2D eigenvalue weighted by molar-refractivity contribution is 6.30. The molecule has 0 fully saturated rings. The van der Waals surface area contributed by atoms with Crippen molar-refractivity contribution >= 4 is 23.4 Å². The molecule has 29 heavy (non-hydrogen) atoms. The molecule has 150 valence electrons. The summed E-state index contributed by atoms with van der Waals surface area (Å²) in [5.74, 6) is -0.205. The summed E-state index contributed by atoms with van der Waals surface area (Å²) in [4.78, 5) is 24.0. The van der Waals surface area contributed by atoms with E-state index in [0.717, 1.165) is 17.7 Å². The number of nitrogens with one attached hydrogen (secondary N) is 2. The Kier molecular flexibility index (Phi) is 7.41. The first-order valence-corrected chi connectivity index (χ1v) is 9.83. The molecule has 0 saturated heterocycles. The van der Waals surface area contributed by atoms with E-state index in [1.807, 2.05) is 41.2 Å². The van der Waals surface area contributed by atoms with E-state index in [1.54, 1.807) is 30.5 Å². The van der Waals surface area contributed by atoms with E-state index >= 15 is 0 Å². The number of carbonyl (C=O) groups is 2. The molecule has 6 nitrogen and oxygen atoms in total. The lowest BCUT2D eigenvalue weighted by Crippen LogP contribution is -2.27. The van der Waals surface area contributed by atoms with Crippen molar-refractivity contribution in [2.45, 2.75) is 25.9 Å². The molecule has 3 rings (SSSR count). The number of rotatable bonds is 9. The molecular formula is C22H23ClN4O2. The standard InChI is InChI=1S/C22H23ClN4O2/c23-20-10-8-19(9-11-20)22(29)24-12-1-3-21(28)25-15-17-4-6-18(7-5-17)16-27-14-2-13-26-27/h2,4-11,13-14H,1,3,12,15-16H2,(H,24,29)(H,25,28). The van der Waals surface area contributed by atoms with Gasteiger partial charge in [-0.1, -0.05) is 35.9 Å². The Morgan fingerprint density at radius 1 is 0.966 bits per heavy atom. The fraction of sp³-hybridized carbons (Fsp3) is 0.227. The topological polar surface area (TPSA) is 76.0 Å². The third-order valence-corrected chi connectivity index (χ3v) is 4.64. The van der Waals surface area contributed by atoms with E-state index in [1.165, 1.54) is 0 Å². The first-order valence-electron chi connectivity index (χ1n) is 9.46. The fourth-order valence-corrected chi connectivity index (χ4v) is 2.91. The zero-order chi connectivity index (χ0) is 20.5. The van der Waals surface area contributed by atoms with Crippen molar-refractivity contribution in [1.82, 2.24) is 20.4 Å². The third-order valence-electron chi connectivity index (χ3n) is 4.39. The van der Waals surface area contributed by atoms with Gasteiger partial charge in [0.15, 0.2) is 0 Å². The van der Waals surface area contributed by atoms with Gasteiger partial charge in [-0.05, 0) is 47.9 Å². The van der Waals surface area contributed by atoms with Crippen molar-refractivity contribution in [3.05, 3.63) is 88.7 Å². The number of halogens is 1. The molecule has 1 aromatic heterocycles. The quantitative estimate of drug-likeness (QED) is 0.531. The van der Waals surface area contributed by atoms with Crippen LogP contribution in [0.1, 0.15) is 34.3 Å². The van der Waals surface area contributed by atoms with Gasteiger partial charge >= 0.3 is 0 Å². The van der Waals surface area contributed by atoms with Crippen LogP contribution >= 0.6 is 11.6 Å². The lowest BCUT2D eigenvalue weighted by atomic mass is 10.1. The fourth-order valence-electron chi connectivity index (χ4n) is 2.79. The molecule has 2 N–H and O–H groups in total. The van der Waals surface area contributed by atoms with Gasteiger partial charge in [-0.2, -0.15) is 5.10 Å². The maximum absolute atomic E-state index is 12.0. The number of hydrogen-bond acceptors (Lipinski definition) is 3. The van der Waals surface area contributed by atoms with Gasteiger partial charge in [0.2, 0.25) is 5.91 Å². The van der Waals surface area contributed by atoms with Crippen molar-refractivity contribution in [1.29, 1.82) is 0 Å². The van der Waals surface area contributed by atoms with Crippen LogP contribution in [0.15, 0.2) is 67.0 Å². The second-order valence-electron chi connectivity index (χ2n) is 6.66. The molecule has 0 aliphatic heterocycles. The summed E-state index contributed by atoms with van der Waals surface area (Å²) in [6.07, 6.45) is 4.62. The van der Waals surface area contributed by atoms with Crippen LogP contribution in [0.4, 0.5) is 0 Å². The lowest BCUT2D eigenvalue weighted by Gasteiger charge is -2.08. The van der Waals surface area contributed by atoms with Gasteiger partial charge in [-0.25, -0.2) is 0 Å². The van der Waals surface area contributed by atoms with E-state index in [-0.39, 0.29) is 11.8 Å². The number of aromatic nitrogens is 2. The van der Waals surface area contributed by atoms with Gasteiger partial charge in [0.1, 0.15) is 0 Å². The molecule has 0 radical (unpaired) electrons. The van der Waals surface area contributed by atoms with Gasteiger partial charge in [0, 0.05) is 42.5 Å². The molecule has 2 amide bonds. The first-order chi connectivity index (χ1) is 14.1. The summed E-state index contributed by atoms with van der Waals surface area (Å²) in [5.41, 5.74) is 2.74. The van der Waals surface area contributed by atoms with E-state index < -0.39 is 0 Å². The highest BCUT2D eigenvalue weighted by Gasteiger charge is 2.06. The smallest absolute Gasteiger partial charge is 0.251 e. The van der Waals surface area contributed by atoms with Crippen LogP contribution < -0.4 is 10.6 Å². The zero-order valence-corrected chi connectivity index (χ0v) is 16.7. The molecule has 0 bridgehead atoms. The van der Waals surface area contributed by atoms with E-state index in [9.17, 15) is 9.59 Å². The SMILES string of the molecule is O=C(CCCNC(=O)c1ccc(Cl)cc1)NCc1ccc(Cn2cccn2)cc1. The zero-order valence-electron chi connectivity index (χ0n) is 16.0. The van der Waals surface area contributed by atoms with Crippen LogP contribution in [-0.2, 0) is 17.9 Å². The molecule has 0 saturated carbocycles. The average molecular weight is 411 g/mol. The Morgan fingerprint density at radius 3 is 2.38 bits per heavy atom. The number of hydrogen-bond donors (Lipinski definition) is 2.